The molecule has 114 valence electrons. The molecule has 0 aliphatic heterocycles. The van der Waals surface area contributed by atoms with Crippen LogP contribution in [0.5, 0.6) is 6.01 Å². The van der Waals surface area contributed by atoms with Gasteiger partial charge in [-0.3, -0.25) is 5.43 Å². The highest BCUT2D eigenvalue weighted by atomic mass is 16.5. The maximum absolute atomic E-state index is 5.47. The Kier molecular flexibility index (Phi) is 5.04. The minimum Gasteiger partial charge on any atom is -0.463 e. The number of nitrogens with two attached hydrogens (primary N) is 1. The van der Waals surface area contributed by atoms with Crippen LogP contribution in [0, 0.1) is 0 Å². The van der Waals surface area contributed by atoms with Crippen LogP contribution in [0.3, 0.4) is 0 Å². The van der Waals surface area contributed by atoms with Gasteiger partial charge in [0.15, 0.2) is 0 Å². The molecule has 0 radical (unpaired) electrons. The summed E-state index contributed by atoms with van der Waals surface area (Å²) in [5.74, 6) is 6.06. The Morgan fingerprint density at radius 1 is 1.19 bits per heavy atom. The molecule has 2 aromatic rings. The summed E-state index contributed by atoms with van der Waals surface area (Å²) < 4.78 is 7.18. The van der Waals surface area contributed by atoms with Gasteiger partial charge in [-0.15, -0.1) is 0 Å². The smallest absolute Gasteiger partial charge is 0.323 e. The number of nitrogens with one attached hydrogen (secondary N) is 1. The Morgan fingerprint density at radius 2 is 2.00 bits per heavy atom. The topological polar surface area (TPSA) is 104 Å². The van der Waals surface area contributed by atoms with E-state index in [4.69, 9.17) is 10.6 Å². The molecule has 8 heteroatoms. The van der Waals surface area contributed by atoms with Gasteiger partial charge in [0.25, 0.3) is 5.95 Å². The van der Waals surface area contributed by atoms with Gasteiger partial charge in [-0.2, -0.15) is 20.1 Å². The van der Waals surface area contributed by atoms with Gasteiger partial charge in [0.05, 0.1) is 12.3 Å². The first-order valence-corrected chi connectivity index (χ1v) is 7.15. The molecule has 2 heterocycles. The number of hydrogen-bond acceptors (Lipinski definition) is 7. The fourth-order valence-corrected chi connectivity index (χ4v) is 1.84. The highest BCUT2D eigenvalue weighted by molar-refractivity contribution is 5.30. The molecule has 0 bridgehead atoms. The van der Waals surface area contributed by atoms with Crippen LogP contribution in [0.25, 0.3) is 5.95 Å². The molecule has 2 rings (SSSR count). The van der Waals surface area contributed by atoms with Crippen molar-refractivity contribution in [3.8, 4) is 12.0 Å². The normalized spacial score (nSPS) is 10.7. The monoisotopic (exact) mass is 291 g/mol. The number of rotatable bonds is 7. The molecule has 3 N–H and O–H groups in total. The summed E-state index contributed by atoms with van der Waals surface area (Å²) in [5, 5.41) is 4.51. The van der Waals surface area contributed by atoms with Crippen molar-refractivity contribution < 1.29 is 4.74 Å². The predicted molar refractivity (Wildman–Crippen MR) is 79.3 cm³/mol. The number of ether oxygens (including phenoxy) is 1. The third-order valence-electron chi connectivity index (χ3n) is 2.92. The maximum Gasteiger partial charge on any atom is 0.323 e. The van der Waals surface area contributed by atoms with Crippen molar-refractivity contribution in [1.29, 1.82) is 0 Å². The number of hydrogen-bond donors (Lipinski definition) is 2. The Balaban J connectivity index is 2.44. The lowest BCUT2D eigenvalue weighted by Gasteiger charge is -2.08. The maximum atomic E-state index is 5.47. The highest BCUT2D eigenvalue weighted by Crippen LogP contribution is 2.14. The average molecular weight is 291 g/mol. The van der Waals surface area contributed by atoms with Gasteiger partial charge < -0.3 is 4.74 Å². The number of aryl methyl sites for hydroxylation is 2. The Morgan fingerprint density at radius 3 is 2.62 bits per heavy atom. The summed E-state index contributed by atoms with van der Waals surface area (Å²) in [4.78, 5) is 12.6. The molecule has 0 aromatic carbocycles. The minimum atomic E-state index is 0.241. The van der Waals surface area contributed by atoms with Crippen molar-refractivity contribution in [2.75, 3.05) is 12.0 Å². The number of aromatic nitrogens is 5. The van der Waals surface area contributed by atoms with Crippen LogP contribution < -0.4 is 16.0 Å². The highest BCUT2D eigenvalue weighted by Gasteiger charge is 2.13. The summed E-state index contributed by atoms with van der Waals surface area (Å²) in [6.07, 6.45) is 2.55. The van der Waals surface area contributed by atoms with E-state index in [-0.39, 0.29) is 12.0 Å². The van der Waals surface area contributed by atoms with Gasteiger partial charge in [-0.05, 0) is 25.3 Å². The molecule has 8 nitrogen and oxygen atoms in total. The lowest BCUT2D eigenvalue weighted by molar-refractivity contribution is 0.291. The van der Waals surface area contributed by atoms with Crippen molar-refractivity contribution in [1.82, 2.24) is 24.7 Å². The minimum absolute atomic E-state index is 0.241. The molecule has 0 aliphatic carbocycles. The van der Waals surface area contributed by atoms with Gasteiger partial charge in [0.1, 0.15) is 0 Å². The zero-order valence-corrected chi connectivity index (χ0v) is 12.6. The van der Waals surface area contributed by atoms with Crippen molar-refractivity contribution in [3.63, 3.8) is 0 Å². The molecule has 0 fully saturated rings. The lowest BCUT2D eigenvalue weighted by Crippen LogP contribution is -2.16. The predicted octanol–water partition coefficient (Wildman–Crippen LogP) is 1.26. The summed E-state index contributed by atoms with van der Waals surface area (Å²) >= 11 is 0. The molecule has 0 unspecified atom stereocenters. The van der Waals surface area contributed by atoms with Crippen molar-refractivity contribution in [2.24, 2.45) is 5.84 Å². The molecule has 0 atom stereocenters. The second kappa shape index (κ2) is 6.98. The zero-order valence-electron chi connectivity index (χ0n) is 12.6. The second-order valence-electron chi connectivity index (χ2n) is 4.48. The zero-order chi connectivity index (χ0) is 15.2. The summed E-state index contributed by atoms with van der Waals surface area (Å²) in [5.41, 5.74) is 4.45. The number of hydrazine groups is 1. The van der Waals surface area contributed by atoms with Crippen LogP contribution in [-0.4, -0.2) is 31.3 Å². The fraction of sp³-hybridized carbons (Fsp3) is 0.538. The van der Waals surface area contributed by atoms with Crippen LogP contribution in [0.15, 0.2) is 6.07 Å². The van der Waals surface area contributed by atoms with E-state index in [1.165, 1.54) is 0 Å². The second-order valence-corrected chi connectivity index (χ2v) is 4.48. The summed E-state index contributed by atoms with van der Waals surface area (Å²) in [6, 6.07) is 2.29. The standard InChI is InChI=1S/C13H21N7O/c1-4-7-21-13-16-11(18-14)15-12(17-13)20-10(6-3)8-9(5-2)19-20/h8H,4-7,14H2,1-3H3,(H,15,16,17,18). The SMILES string of the molecule is CCCOc1nc(NN)nc(-n2nc(CC)cc2CC)n1. The molecule has 2 aromatic heterocycles. The summed E-state index contributed by atoms with van der Waals surface area (Å²) in [6.45, 7) is 6.67. The largest absolute Gasteiger partial charge is 0.463 e. The van der Waals surface area contributed by atoms with Gasteiger partial charge in [-0.1, -0.05) is 20.8 Å². The average Bonchev–Trinajstić information content (AvgIpc) is 2.96. The Bertz CT molecular complexity index is 596. The van der Waals surface area contributed by atoms with E-state index in [9.17, 15) is 0 Å². The van der Waals surface area contributed by atoms with Gasteiger partial charge >= 0.3 is 6.01 Å². The van der Waals surface area contributed by atoms with E-state index in [0.29, 0.717) is 12.6 Å². The Labute approximate surface area is 123 Å². The molecule has 0 saturated heterocycles. The van der Waals surface area contributed by atoms with E-state index < -0.39 is 0 Å². The van der Waals surface area contributed by atoms with E-state index >= 15 is 0 Å². The first-order valence-electron chi connectivity index (χ1n) is 7.15. The quantitative estimate of drug-likeness (QED) is 0.584. The number of nitrogen functional groups attached to an aromatic ring is 1. The van der Waals surface area contributed by atoms with Crippen molar-refractivity contribution >= 4 is 5.95 Å². The van der Waals surface area contributed by atoms with Crippen LogP contribution in [-0.2, 0) is 12.8 Å². The fourth-order valence-electron chi connectivity index (χ4n) is 1.84. The van der Waals surface area contributed by atoms with E-state index in [1.54, 1.807) is 4.68 Å². The van der Waals surface area contributed by atoms with Crippen molar-refractivity contribution in [2.45, 2.75) is 40.0 Å². The molecule has 0 amide bonds. The first-order chi connectivity index (χ1) is 10.2. The van der Waals surface area contributed by atoms with E-state index in [2.05, 4.69) is 39.3 Å². The van der Waals surface area contributed by atoms with Gasteiger partial charge in [0.2, 0.25) is 5.95 Å². The molecule has 0 aliphatic rings. The molecular formula is C13H21N7O. The molecular weight excluding hydrogens is 270 g/mol. The van der Waals surface area contributed by atoms with Gasteiger partial charge in [0, 0.05) is 5.69 Å². The van der Waals surface area contributed by atoms with E-state index in [1.807, 2.05) is 13.0 Å². The first kappa shape index (κ1) is 15.2. The third kappa shape index (κ3) is 3.46. The number of anilines is 1. The lowest BCUT2D eigenvalue weighted by atomic mass is 10.3. The molecule has 0 spiro atoms. The van der Waals surface area contributed by atoms with Crippen LogP contribution in [0.2, 0.25) is 0 Å². The van der Waals surface area contributed by atoms with Crippen LogP contribution >= 0.6 is 0 Å². The molecule has 0 saturated carbocycles. The third-order valence-corrected chi connectivity index (χ3v) is 2.92. The van der Waals surface area contributed by atoms with Gasteiger partial charge in [-0.25, -0.2) is 10.5 Å². The van der Waals surface area contributed by atoms with E-state index in [0.717, 1.165) is 30.7 Å². The Hall–Kier alpha value is -2.22. The van der Waals surface area contributed by atoms with Crippen molar-refractivity contribution in [3.05, 3.63) is 17.5 Å². The number of nitrogens with zero attached hydrogens (tertiary/aromatic N) is 5. The van der Waals surface area contributed by atoms with Crippen LogP contribution in [0.1, 0.15) is 38.6 Å². The molecule has 21 heavy (non-hydrogen) atoms. The van der Waals surface area contributed by atoms with Crippen LogP contribution in [0.4, 0.5) is 5.95 Å². The summed E-state index contributed by atoms with van der Waals surface area (Å²) in [7, 11) is 0.